The summed E-state index contributed by atoms with van der Waals surface area (Å²) in [7, 11) is 0. The third kappa shape index (κ3) is 6.38. The molecule has 1 rings (SSSR count). The molecule has 0 aromatic heterocycles. The maximum atomic E-state index is 5.48. The monoisotopic (exact) mass is 219 g/mol. The number of ether oxygens (including phenoxy) is 1. The van der Waals surface area contributed by atoms with E-state index in [1.165, 1.54) is 5.56 Å². The number of hydrogen-bond donors (Lipinski definition) is 1. The molecule has 2 nitrogen and oxygen atoms in total. The van der Waals surface area contributed by atoms with Crippen LogP contribution in [0, 0.1) is 0 Å². The third-order valence-electron chi connectivity index (χ3n) is 2.22. The van der Waals surface area contributed by atoms with Crippen LogP contribution < -0.4 is 5.32 Å². The quantitative estimate of drug-likeness (QED) is 0.679. The van der Waals surface area contributed by atoms with E-state index in [1.54, 1.807) is 0 Å². The Morgan fingerprint density at radius 2 is 2.06 bits per heavy atom. The van der Waals surface area contributed by atoms with Gasteiger partial charge in [-0.2, -0.15) is 0 Å². The van der Waals surface area contributed by atoms with Crippen LogP contribution in [0.15, 0.2) is 36.4 Å². The molecule has 0 saturated heterocycles. The second kappa shape index (κ2) is 9.13. The smallest absolute Gasteiger partial charge is 0.0650 e. The van der Waals surface area contributed by atoms with Gasteiger partial charge in [0.05, 0.1) is 6.61 Å². The zero-order valence-electron chi connectivity index (χ0n) is 9.99. The lowest BCUT2D eigenvalue weighted by molar-refractivity contribution is 0.159. The Kier molecular flexibility index (Phi) is 7.39. The van der Waals surface area contributed by atoms with Gasteiger partial charge < -0.3 is 10.1 Å². The fourth-order valence-corrected chi connectivity index (χ4v) is 1.38. The summed E-state index contributed by atoms with van der Waals surface area (Å²) in [5.41, 5.74) is 1.22. The Labute approximate surface area is 98.3 Å². The Morgan fingerprint density at radius 3 is 2.81 bits per heavy atom. The maximum Gasteiger partial charge on any atom is 0.0650 e. The van der Waals surface area contributed by atoms with Gasteiger partial charge in [0, 0.05) is 6.61 Å². The second-order valence-corrected chi connectivity index (χ2v) is 3.60. The van der Waals surface area contributed by atoms with Gasteiger partial charge in [-0.3, -0.25) is 0 Å². The lowest BCUT2D eigenvalue weighted by atomic mass is 10.2. The van der Waals surface area contributed by atoms with Gasteiger partial charge in [0.2, 0.25) is 0 Å². The molecule has 2 heteroatoms. The van der Waals surface area contributed by atoms with Crippen molar-refractivity contribution in [1.82, 2.24) is 5.32 Å². The van der Waals surface area contributed by atoms with E-state index in [0.29, 0.717) is 6.61 Å². The van der Waals surface area contributed by atoms with Crippen LogP contribution in [0.4, 0.5) is 0 Å². The van der Waals surface area contributed by atoms with Gasteiger partial charge in [-0.15, -0.1) is 0 Å². The van der Waals surface area contributed by atoms with E-state index in [-0.39, 0.29) is 0 Å². The molecule has 1 aromatic carbocycles. The second-order valence-electron chi connectivity index (χ2n) is 3.60. The molecule has 0 heterocycles. The molecule has 0 radical (unpaired) electrons. The summed E-state index contributed by atoms with van der Waals surface area (Å²) in [5.74, 6) is 0. The van der Waals surface area contributed by atoms with Crippen molar-refractivity contribution in [2.24, 2.45) is 0 Å². The lowest BCUT2D eigenvalue weighted by Gasteiger charge is -2.01. The highest BCUT2D eigenvalue weighted by Crippen LogP contribution is 2.00. The number of nitrogens with one attached hydrogen (secondary N) is 1. The summed E-state index contributed by atoms with van der Waals surface area (Å²) in [4.78, 5) is 0. The van der Waals surface area contributed by atoms with Crippen LogP contribution in [0.1, 0.15) is 18.9 Å². The summed E-state index contributed by atoms with van der Waals surface area (Å²) in [6.45, 7) is 5.71. The first-order valence-corrected chi connectivity index (χ1v) is 5.93. The largest absolute Gasteiger partial charge is 0.377 e. The molecule has 1 N–H and O–H groups in total. The van der Waals surface area contributed by atoms with Gasteiger partial charge in [-0.1, -0.05) is 49.4 Å². The highest BCUT2D eigenvalue weighted by Gasteiger charge is 1.86. The van der Waals surface area contributed by atoms with Crippen molar-refractivity contribution < 1.29 is 4.74 Å². The highest BCUT2D eigenvalue weighted by molar-refractivity contribution is 5.48. The van der Waals surface area contributed by atoms with Crippen molar-refractivity contribution in [3.8, 4) is 0 Å². The summed E-state index contributed by atoms with van der Waals surface area (Å²) in [6, 6.07) is 10.3. The Bertz CT molecular complexity index is 282. The lowest BCUT2D eigenvalue weighted by Crippen LogP contribution is -2.15. The van der Waals surface area contributed by atoms with Crippen molar-refractivity contribution in [1.29, 1.82) is 0 Å². The van der Waals surface area contributed by atoms with Gasteiger partial charge >= 0.3 is 0 Å². The molecule has 0 fully saturated rings. The van der Waals surface area contributed by atoms with Crippen molar-refractivity contribution in [2.45, 2.75) is 13.3 Å². The minimum Gasteiger partial charge on any atom is -0.377 e. The van der Waals surface area contributed by atoms with Crippen LogP contribution >= 0.6 is 0 Å². The molecular formula is C14H21NO. The molecule has 0 aliphatic carbocycles. The summed E-state index contributed by atoms with van der Waals surface area (Å²) in [6.07, 6.45) is 5.22. The van der Waals surface area contributed by atoms with Crippen molar-refractivity contribution in [2.75, 3.05) is 26.3 Å². The number of benzene rings is 1. The molecule has 0 atom stereocenters. The van der Waals surface area contributed by atoms with E-state index in [9.17, 15) is 0 Å². The van der Waals surface area contributed by atoms with Crippen molar-refractivity contribution in [3.05, 3.63) is 42.0 Å². The average Bonchev–Trinajstić information content (AvgIpc) is 2.34. The molecule has 16 heavy (non-hydrogen) atoms. The molecule has 0 saturated carbocycles. The van der Waals surface area contributed by atoms with Crippen LogP contribution in [0.5, 0.6) is 0 Å². The van der Waals surface area contributed by atoms with E-state index < -0.39 is 0 Å². The third-order valence-corrected chi connectivity index (χ3v) is 2.22. The van der Waals surface area contributed by atoms with Gasteiger partial charge in [-0.05, 0) is 25.1 Å². The predicted octanol–water partition coefficient (Wildman–Crippen LogP) is 2.72. The Morgan fingerprint density at radius 1 is 1.25 bits per heavy atom. The van der Waals surface area contributed by atoms with E-state index in [2.05, 4.69) is 36.5 Å². The topological polar surface area (TPSA) is 21.3 Å². The normalized spacial score (nSPS) is 11.1. The minimum atomic E-state index is 0.695. The molecule has 88 valence electrons. The molecule has 0 aliphatic rings. The highest BCUT2D eigenvalue weighted by atomic mass is 16.5. The van der Waals surface area contributed by atoms with Crippen LogP contribution in [-0.4, -0.2) is 26.3 Å². The van der Waals surface area contributed by atoms with E-state index in [0.717, 1.165) is 26.1 Å². The van der Waals surface area contributed by atoms with Gasteiger partial charge in [-0.25, -0.2) is 0 Å². The van der Waals surface area contributed by atoms with E-state index in [4.69, 9.17) is 4.74 Å². The predicted molar refractivity (Wildman–Crippen MR) is 69.5 cm³/mol. The molecule has 1 aromatic rings. The molecule has 0 amide bonds. The van der Waals surface area contributed by atoms with Crippen molar-refractivity contribution >= 4 is 6.08 Å². The van der Waals surface area contributed by atoms with Crippen molar-refractivity contribution in [3.63, 3.8) is 0 Å². The standard InChI is InChI=1S/C14H21NO/c1-2-15-11-7-13-16-12-6-10-14-8-4-3-5-9-14/h3-6,8-10,15H,2,7,11-13H2,1H3. The summed E-state index contributed by atoms with van der Waals surface area (Å²) < 4.78 is 5.48. The zero-order valence-corrected chi connectivity index (χ0v) is 9.99. The fraction of sp³-hybridized carbons (Fsp3) is 0.429. The average molecular weight is 219 g/mol. The SMILES string of the molecule is CCNCCCOCC=Cc1ccccc1. The van der Waals surface area contributed by atoms with Gasteiger partial charge in [0.25, 0.3) is 0 Å². The fourth-order valence-electron chi connectivity index (χ4n) is 1.38. The maximum absolute atomic E-state index is 5.48. The first-order valence-electron chi connectivity index (χ1n) is 5.93. The first kappa shape index (κ1) is 12.9. The molecule has 0 bridgehead atoms. The first-order chi connectivity index (χ1) is 7.93. The van der Waals surface area contributed by atoms with Crippen LogP contribution in [0.2, 0.25) is 0 Å². The molecule has 0 spiro atoms. The summed E-state index contributed by atoms with van der Waals surface area (Å²) >= 11 is 0. The molecular weight excluding hydrogens is 198 g/mol. The van der Waals surface area contributed by atoms with Crippen LogP contribution in [0.3, 0.4) is 0 Å². The van der Waals surface area contributed by atoms with E-state index in [1.807, 2.05) is 18.2 Å². The van der Waals surface area contributed by atoms with Crippen LogP contribution in [-0.2, 0) is 4.74 Å². The van der Waals surface area contributed by atoms with Gasteiger partial charge in [0.1, 0.15) is 0 Å². The minimum absolute atomic E-state index is 0.695. The molecule has 0 aliphatic heterocycles. The zero-order chi connectivity index (χ0) is 11.5. The Balaban J connectivity index is 2.01. The number of hydrogen-bond acceptors (Lipinski definition) is 2. The van der Waals surface area contributed by atoms with Gasteiger partial charge in [0.15, 0.2) is 0 Å². The van der Waals surface area contributed by atoms with Crippen LogP contribution in [0.25, 0.3) is 6.08 Å². The Hall–Kier alpha value is -1.12. The number of rotatable bonds is 8. The van der Waals surface area contributed by atoms with E-state index >= 15 is 0 Å². The summed E-state index contributed by atoms with van der Waals surface area (Å²) in [5, 5.41) is 3.27. The molecule has 0 unspecified atom stereocenters.